The lowest BCUT2D eigenvalue weighted by molar-refractivity contribution is 0.0827. The predicted octanol–water partition coefficient (Wildman–Crippen LogP) is 4.31. The third-order valence-electron chi connectivity index (χ3n) is 3.79. The molecule has 0 aliphatic rings. The minimum Gasteiger partial charge on any atom is -0.459 e. The molecule has 1 aromatic heterocycles. The fraction of sp³-hybridized carbons (Fsp3) is 0.211. The lowest BCUT2D eigenvalue weighted by Crippen LogP contribution is -2.21. The molecule has 3 aromatic rings. The number of hydrogen-bond donors (Lipinski definition) is 1. The monoisotopic (exact) mass is 308 g/mol. The molecular weight excluding hydrogens is 288 g/mol. The molecule has 1 N–H and O–H groups in total. The molecule has 118 valence electrons. The van der Waals surface area contributed by atoms with Gasteiger partial charge in [-0.1, -0.05) is 18.2 Å². The van der Waals surface area contributed by atoms with Crippen LogP contribution in [-0.4, -0.2) is 24.9 Å². The summed E-state index contributed by atoms with van der Waals surface area (Å²) in [7, 11) is 3.50. The smallest absolute Gasteiger partial charge is 0.253 e. The first-order chi connectivity index (χ1) is 11.0. The standard InChI is InChI=1S/C19H20N2O2/c1-13(18-12-15-6-4-5-7-17(15)23-18)20-16-10-8-14(9-11-16)19(22)21(2)3/h4-13,20H,1-3H3. The highest BCUT2D eigenvalue weighted by atomic mass is 16.3. The van der Waals surface area contributed by atoms with Crippen LogP contribution in [0.2, 0.25) is 0 Å². The third kappa shape index (κ3) is 3.21. The summed E-state index contributed by atoms with van der Waals surface area (Å²) in [6, 6.07) is 17.5. The molecule has 1 unspecified atom stereocenters. The van der Waals surface area contributed by atoms with Gasteiger partial charge in [-0.05, 0) is 43.3 Å². The lowest BCUT2D eigenvalue weighted by atomic mass is 10.1. The molecule has 2 aromatic carbocycles. The van der Waals surface area contributed by atoms with Gasteiger partial charge in [-0.25, -0.2) is 0 Å². The zero-order valence-electron chi connectivity index (χ0n) is 13.5. The topological polar surface area (TPSA) is 45.5 Å². The fourth-order valence-electron chi connectivity index (χ4n) is 2.50. The Labute approximate surface area is 135 Å². The van der Waals surface area contributed by atoms with Gasteiger partial charge in [0.2, 0.25) is 0 Å². The molecule has 1 atom stereocenters. The minimum atomic E-state index is 0.00174. The maximum Gasteiger partial charge on any atom is 0.253 e. The summed E-state index contributed by atoms with van der Waals surface area (Å²) in [5.41, 5.74) is 2.52. The van der Waals surface area contributed by atoms with Crippen molar-refractivity contribution in [2.24, 2.45) is 0 Å². The van der Waals surface area contributed by atoms with Gasteiger partial charge in [0.25, 0.3) is 5.91 Å². The Morgan fingerprint density at radius 2 is 1.78 bits per heavy atom. The van der Waals surface area contributed by atoms with Crippen LogP contribution < -0.4 is 5.32 Å². The van der Waals surface area contributed by atoms with Crippen LogP contribution >= 0.6 is 0 Å². The van der Waals surface area contributed by atoms with Gasteiger partial charge >= 0.3 is 0 Å². The number of nitrogens with one attached hydrogen (secondary N) is 1. The van der Waals surface area contributed by atoms with Crippen LogP contribution in [0.3, 0.4) is 0 Å². The van der Waals surface area contributed by atoms with Crippen molar-refractivity contribution in [3.05, 3.63) is 65.9 Å². The number of hydrogen-bond acceptors (Lipinski definition) is 3. The van der Waals surface area contributed by atoms with Crippen LogP contribution in [-0.2, 0) is 0 Å². The summed E-state index contributed by atoms with van der Waals surface area (Å²) < 4.78 is 5.87. The quantitative estimate of drug-likeness (QED) is 0.781. The summed E-state index contributed by atoms with van der Waals surface area (Å²) in [5.74, 6) is 0.890. The second kappa shape index (κ2) is 6.16. The number of fused-ring (bicyclic) bond motifs is 1. The van der Waals surface area contributed by atoms with Crippen LogP contribution in [0.1, 0.15) is 29.1 Å². The summed E-state index contributed by atoms with van der Waals surface area (Å²) in [6.07, 6.45) is 0. The zero-order valence-corrected chi connectivity index (χ0v) is 13.5. The van der Waals surface area contributed by atoms with Crippen LogP contribution in [0.25, 0.3) is 11.0 Å². The number of carbonyl (C=O) groups is 1. The van der Waals surface area contributed by atoms with Crippen molar-refractivity contribution in [1.82, 2.24) is 4.90 Å². The van der Waals surface area contributed by atoms with Crippen LogP contribution in [0.5, 0.6) is 0 Å². The number of amides is 1. The number of benzene rings is 2. The Kier molecular flexibility index (Phi) is 4.06. The first-order valence-electron chi connectivity index (χ1n) is 7.61. The highest BCUT2D eigenvalue weighted by molar-refractivity contribution is 5.94. The molecular formula is C19H20N2O2. The second-order valence-corrected chi connectivity index (χ2v) is 5.83. The van der Waals surface area contributed by atoms with E-state index >= 15 is 0 Å². The van der Waals surface area contributed by atoms with Crippen molar-refractivity contribution < 1.29 is 9.21 Å². The Morgan fingerprint density at radius 3 is 2.43 bits per heavy atom. The van der Waals surface area contributed by atoms with E-state index in [4.69, 9.17) is 4.42 Å². The van der Waals surface area contributed by atoms with E-state index in [2.05, 4.69) is 18.3 Å². The molecule has 0 spiro atoms. The van der Waals surface area contributed by atoms with Crippen molar-refractivity contribution in [2.75, 3.05) is 19.4 Å². The number of para-hydroxylation sites is 1. The van der Waals surface area contributed by atoms with Crippen LogP contribution in [0, 0.1) is 0 Å². The number of nitrogens with zero attached hydrogens (tertiary/aromatic N) is 1. The van der Waals surface area contributed by atoms with E-state index in [1.807, 2.05) is 48.5 Å². The number of furan rings is 1. The molecule has 1 heterocycles. The van der Waals surface area contributed by atoms with E-state index in [-0.39, 0.29) is 11.9 Å². The number of carbonyl (C=O) groups excluding carboxylic acids is 1. The summed E-state index contributed by atoms with van der Waals surface area (Å²) >= 11 is 0. The van der Waals surface area contributed by atoms with Gasteiger partial charge in [-0.2, -0.15) is 0 Å². The van der Waals surface area contributed by atoms with Crippen molar-refractivity contribution >= 4 is 22.6 Å². The molecule has 0 fully saturated rings. The van der Waals surface area contributed by atoms with E-state index in [9.17, 15) is 4.79 Å². The molecule has 0 bridgehead atoms. The van der Waals surface area contributed by atoms with Crippen LogP contribution in [0.15, 0.2) is 59.0 Å². The highest BCUT2D eigenvalue weighted by Gasteiger charge is 2.12. The largest absolute Gasteiger partial charge is 0.459 e. The lowest BCUT2D eigenvalue weighted by Gasteiger charge is -2.14. The fourth-order valence-corrected chi connectivity index (χ4v) is 2.50. The third-order valence-corrected chi connectivity index (χ3v) is 3.79. The molecule has 4 heteroatoms. The summed E-state index contributed by atoms with van der Waals surface area (Å²) in [5, 5.41) is 4.50. The predicted molar refractivity (Wildman–Crippen MR) is 92.7 cm³/mol. The molecule has 0 saturated heterocycles. The Morgan fingerprint density at radius 1 is 1.09 bits per heavy atom. The van der Waals surface area contributed by atoms with Crippen molar-refractivity contribution in [2.45, 2.75) is 13.0 Å². The van der Waals surface area contributed by atoms with Crippen LogP contribution in [0.4, 0.5) is 5.69 Å². The maximum atomic E-state index is 11.9. The van der Waals surface area contributed by atoms with Gasteiger partial charge < -0.3 is 14.6 Å². The molecule has 1 amide bonds. The van der Waals surface area contributed by atoms with E-state index in [1.165, 1.54) is 0 Å². The summed E-state index contributed by atoms with van der Waals surface area (Å²) in [6.45, 7) is 2.05. The normalized spacial score (nSPS) is 12.1. The van der Waals surface area contributed by atoms with Gasteiger partial charge in [-0.15, -0.1) is 0 Å². The average Bonchev–Trinajstić information content (AvgIpc) is 2.99. The highest BCUT2D eigenvalue weighted by Crippen LogP contribution is 2.26. The number of anilines is 1. The van der Waals surface area contributed by atoms with Gasteiger partial charge in [0.15, 0.2) is 0 Å². The molecule has 0 aliphatic heterocycles. The van der Waals surface area contributed by atoms with E-state index in [1.54, 1.807) is 19.0 Å². The molecule has 0 aliphatic carbocycles. The van der Waals surface area contributed by atoms with Crippen molar-refractivity contribution in [3.8, 4) is 0 Å². The first-order valence-corrected chi connectivity index (χ1v) is 7.61. The van der Waals surface area contributed by atoms with E-state index in [0.717, 1.165) is 22.4 Å². The molecule has 0 radical (unpaired) electrons. The Balaban J connectivity index is 1.74. The van der Waals surface area contributed by atoms with Crippen molar-refractivity contribution in [1.29, 1.82) is 0 Å². The summed E-state index contributed by atoms with van der Waals surface area (Å²) in [4.78, 5) is 13.5. The van der Waals surface area contributed by atoms with Gasteiger partial charge in [0.1, 0.15) is 11.3 Å². The van der Waals surface area contributed by atoms with Gasteiger partial charge in [-0.3, -0.25) is 4.79 Å². The average molecular weight is 308 g/mol. The molecule has 4 nitrogen and oxygen atoms in total. The van der Waals surface area contributed by atoms with E-state index in [0.29, 0.717) is 5.56 Å². The van der Waals surface area contributed by atoms with Gasteiger partial charge in [0, 0.05) is 30.7 Å². The van der Waals surface area contributed by atoms with E-state index < -0.39 is 0 Å². The van der Waals surface area contributed by atoms with Gasteiger partial charge in [0.05, 0.1) is 6.04 Å². The number of rotatable bonds is 4. The Bertz CT molecular complexity index is 786. The Hall–Kier alpha value is -2.75. The maximum absolute atomic E-state index is 11.9. The molecule has 3 rings (SSSR count). The zero-order chi connectivity index (χ0) is 16.4. The minimum absolute atomic E-state index is 0.00174. The second-order valence-electron chi connectivity index (χ2n) is 5.83. The molecule has 23 heavy (non-hydrogen) atoms. The molecule has 0 saturated carbocycles. The van der Waals surface area contributed by atoms with Crippen molar-refractivity contribution in [3.63, 3.8) is 0 Å². The SMILES string of the molecule is CC(Nc1ccc(C(=O)N(C)C)cc1)c1cc2ccccc2o1. The first kappa shape index (κ1) is 15.2.